The van der Waals surface area contributed by atoms with Crippen molar-refractivity contribution in [2.24, 2.45) is 11.7 Å². The third kappa shape index (κ3) is 4.93. The van der Waals surface area contributed by atoms with Crippen LogP contribution < -0.4 is 21.3 Å². The minimum absolute atomic E-state index is 0.0824. The Hall–Kier alpha value is -3.42. The number of pyridine rings is 1. The molecule has 8 nitrogen and oxygen atoms in total. The molecular weight excluding hydrogens is 466 g/mol. The number of carbonyl (C=O) groups excluding carboxylic acids is 3. The van der Waals surface area contributed by atoms with Crippen molar-refractivity contribution in [3.05, 3.63) is 53.2 Å². The number of Topliss-reactive ketones (excluding diaryl/α,β-unsaturated/α-hetero) is 1. The number of piperidine rings is 1. The number of hydrogen-bond acceptors (Lipinski definition) is 6. The van der Waals surface area contributed by atoms with Gasteiger partial charge in [-0.1, -0.05) is 12.8 Å². The largest absolute Gasteiger partial charge is 0.382 e. The van der Waals surface area contributed by atoms with E-state index < -0.39 is 5.91 Å². The first-order chi connectivity index (χ1) is 18.0. The van der Waals surface area contributed by atoms with Crippen LogP contribution in [0.3, 0.4) is 0 Å². The number of ketones is 1. The van der Waals surface area contributed by atoms with E-state index in [1.807, 2.05) is 12.1 Å². The van der Waals surface area contributed by atoms with Gasteiger partial charge in [-0.25, -0.2) is 4.98 Å². The maximum atomic E-state index is 13.2. The molecule has 2 aromatic rings. The van der Waals surface area contributed by atoms with Crippen molar-refractivity contribution in [3.8, 4) is 0 Å². The number of hydrogen-bond donors (Lipinski definition) is 3. The second-order valence-corrected chi connectivity index (χ2v) is 11.2. The number of nitrogens with two attached hydrogens (primary N) is 1. The van der Waals surface area contributed by atoms with Gasteiger partial charge in [0, 0.05) is 53.1 Å². The number of amides is 2. The van der Waals surface area contributed by atoms with Crippen LogP contribution in [0.4, 0.5) is 11.5 Å². The molecule has 0 radical (unpaired) electrons. The second-order valence-electron chi connectivity index (χ2n) is 11.2. The summed E-state index contributed by atoms with van der Waals surface area (Å²) >= 11 is 0. The van der Waals surface area contributed by atoms with E-state index in [0.29, 0.717) is 40.5 Å². The molecule has 2 saturated heterocycles. The van der Waals surface area contributed by atoms with E-state index in [9.17, 15) is 14.4 Å². The number of aromatic nitrogens is 1. The highest BCUT2D eigenvalue weighted by atomic mass is 16.2. The highest BCUT2D eigenvalue weighted by Gasteiger charge is 2.42. The molecule has 37 heavy (non-hydrogen) atoms. The molecule has 2 atom stereocenters. The summed E-state index contributed by atoms with van der Waals surface area (Å²) in [6, 6.07) is 10.0. The van der Waals surface area contributed by atoms with E-state index in [-0.39, 0.29) is 23.7 Å². The topological polar surface area (TPSA) is 117 Å². The molecule has 4 aliphatic rings. The quantitative estimate of drug-likeness (QED) is 0.470. The van der Waals surface area contributed by atoms with Crippen LogP contribution in [-0.4, -0.2) is 46.7 Å². The van der Waals surface area contributed by atoms with Crippen molar-refractivity contribution in [2.75, 3.05) is 10.2 Å². The molecule has 4 N–H and O–H groups in total. The SMILES string of the molecule is NC(=O)c1ccc(C(=O)NC2CC3CCC(C2)N3c2ccc(C(=O)C3CC3)cn2)cc1NC1CCCC1. The summed E-state index contributed by atoms with van der Waals surface area (Å²) in [5.74, 6) is 0.729. The fourth-order valence-corrected chi connectivity index (χ4v) is 6.51. The summed E-state index contributed by atoms with van der Waals surface area (Å²) in [6.45, 7) is 0. The Morgan fingerprint density at radius 2 is 1.57 bits per heavy atom. The lowest BCUT2D eigenvalue weighted by molar-refractivity contribution is 0.0924. The third-order valence-electron chi connectivity index (χ3n) is 8.58. The molecule has 3 heterocycles. The average molecular weight is 502 g/mol. The molecule has 6 rings (SSSR count). The number of anilines is 2. The van der Waals surface area contributed by atoms with Crippen molar-refractivity contribution < 1.29 is 14.4 Å². The van der Waals surface area contributed by atoms with Gasteiger partial charge in [0.25, 0.3) is 11.8 Å². The predicted molar refractivity (Wildman–Crippen MR) is 142 cm³/mol. The summed E-state index contributed by atoms with van der Waals surface area (Å²) in [5, 5.41) is 6.69. The summed E-state index contributed by atoms with van der Waals surface area (Å²) < 4.78 is 0. The maximum absolute atomic E-state index is 13.2. The number of carbonyl (C=O) groups is 3. The Kier molecular flexibility index (Phi) is 6.34. The van der Waals surface area contributed by atoms with Crippen LogP contribution in [0.5, 0.6) is 0 Å². The van der Waals surface area contributed by atoms with Crippen LogP contribution in [0.25, 0.3) is 0 Å². The summed E-state index contributed by atoms with van der Waals surface area (Å²) in [4.78, 5) is 44.6. The Labute approximate surface area is 217 Å². The highest BCUT2D eigenvalue weighted by Crippen LogP contribution is 2.39. The summed E-state index contributed by atoms with van der Waals surface area (Å²) in [7, 11) is 0. The number of fused-ring (bicyclic) bond motifs is 2. The van der Waals surface area contributed by atoms with Crippen LogP contribution in [-0.2, 0) is 0 Å². The van der Waals surface area contributed by atoms with Gasteiger partial charge in [0.15, 0.2) is 5.78 Å². The van der Waals surface area contributed by atoms with Gasteiger partial charge in [0.1, 0.15) is 5.82 Å². The van der Waals surface area contributed by atoms with Crippen molar-refractivity contribution in [1.29, 1.82) is 0 Å². The predicted octanol–water partition coefficient (Wildman–Crippen LogP) is 4.06. The van der Waals surface area contributed by atoms with Gasteiger partial charge < -0.3 is 21.3 Å². The van der Waals surface area contributed by atoms with Gasteiger partial charge in [0.05, 0.1) is 5.56 Å². The molecule has 2 unspecified atom stereocenters. The van der Waals surface area contributed by atoms with E-state index >= 15 is 0 Å². The smallest absolute Gasteiger partial charge is 0.251 e. The molecular formula is C29H35N5O3. The minimum Gasteiger partial charge on any atom is -0.382 e. The third-order valence-corrected chi connectivity index (χ3v) is 8.58. The number of benzene rings is 1. The number of nitrogens with one attached hydrogen (secondary N) is 2. The molecule has 8 heteroatoms. The zero-order valence-corrected chi connectivity index (χ0v) is 21.1. The van der Waals surface area contributed by atoms with Crippen LogP contribution in [0.2, 0.25) is 0 Å². The number of nitrogens with zero attached hydrogens (tertiary/aromatic N) is 2. The van der Waals surface area contributed by atoms with Crippen LogP contribution in [0, 0.1) is 5.92 Å². The van der Waals surface area contributed by atoms with Gasteiger partial charge >= 0.3 is 0 Å². The van der Waals surface area contributed by atoms with Crippen LogP contribution in [0.1, 0.15) is 95.3 Å². The average Bonchev–Trinajstić information content (AvgIpc) is 3.56. The van der Waals surface area contributed by atoms with Gasteiger partial charge in [-0.15, -0.1) is 0 Å². The Bertz CT molecular complexity index is 1190. The van der Waals surface area contributed by atoms with Crippen molar-refractivity contribution in [2.45, 2.75) is 88.4 Å². The Balaban J connectivity index is 1.11. The highest BCUT2D eigenvalue weighted by molar-refractivity contribution is 6.02. The lowest BCUT2D eigenvalue weighted by Gasteiger charge is -2.40. The molecule has 194 valence electrons. The van der Waals surface area contributed by atoms with E-state index in [0.717, 1.165) is 57.2 Å². The Morgan fingerprint density at radius 1 is 0.865 bits per heavy atom. The molecule has 4 fully saturated rings. The zero-order valence-electron chi connectivity index (χ0n) is 21.1. The molecule has 2 aliphatic heterocycles. The van der Waals surface area contributed by atoms with Crippen molar-refractivity contribution in [3.63, 3.8) is 0 Å². The van der Waals surface area contributed by atoms with Crippen LogP contribution in [0.15, 0.2) is 36.5 Å². The maximum Gasteiger partial charge on any atom is 0.251 e. The molecule has 1 aromatic heterocycles. The van der Waals surface area contributed by atoms with E-state index in [1.165, 1.54) is 12.8 Å². The molecule has 2 amide bonds. The number of rotatable bonds is 8. The molecule has 1 aromatic carbocycles. The minimum atomic E-state index is -0.491. The lowest BCUT2D eigenvalue weighted by atomic mass is 9.96. The van der Waals surface area contributed by atoms with Gasteiger partial charge in [0.2, 0.25) is 0 Å². The van der Waals surface area contributed by atoms with Crippen molar-refractivity contribution in [1.82, 2.24) is 10.3 Å². The first kappa shape index (κ1) is 23.9. The molecule has 2 bridgehead atoms. The lowest BCUT2D eigenvalue weighted by Crippen LogP contribution is -2.50. The molecule has 0 spiro atoms. The van der Waals surface area contributed by atoms with Gasteiger partial charge in [-0.05, 0) is 81.7 Å². The summed E-state index contributed by atoms with van der Waals surface area (Å²) in [6.07, 6.45) is 12.1. The van der Waals surface area contributed by atoms with E-state index in [1.54, 1.807) is 24.4 Å². The monoisotopic (exact) mass is 501 g/mol. The number of primary amides is 1. The Morgan fingerprint density at radius 3 is 2.19 bits per heavy atom. The first-order valence-corrected chi connectivity index (χ1v) is 13.8. The normalized spacial score (nSPS) is 25.2. The fourth-order valence-electron chi connectivity index (χ4n) is 6.51. The van der Waals surface area contributed by atoms with E-state index in [4.69, 9.17) is 5.73 Å². The molecule has 2 saturated carbocycles. The molecule has 2 aliphatic carbocycles. The zero-order chi connectivity index (χ0) is 25.5. The first-order valence-electron chi connectivity index (χ1n) is 13.8. The van der Waals surface area contributed by atoms with Crippen molar-refractivity contribution >= 4 is 29.1 Å². The standard InChI is InChI=1S/C29H35N5O3/c30-28(36)24-11-7-18(13-25(24)32-20-3-1-2-4-20)29(37)33-21-14-22-9-10-23(15-21)34(22)26-12-8-19(16-31-26)27(35)17-5-6-17/h7-8,11-13,16-17,20-23,32H,1-6,9-10,14-15H2,(H2,30,36)(H,33,37). The van der Waals surface area contributed by atoms with Crippen LogP contribution >= 0.6 is 0 Å². The summed E-state index contributed by atoms with van der Waals surface area (Å²) in [5.41, 5.74) is 7.92. The second kappa shape index (κ2) is 9.80. The van der Waals surface area contributed by atoms with Gasteiger partial charge in [-0.2, -0.15) is 0 Å². The van der Waals surface area contributed by atoms with Gasteiger partial charge in [-0.3, -0.25) is 14.4 Å². The fraction of sp³-hybridized carbons (Fsp3) is 0.517. The van der Waals surface area contributed by atoms with E-state index in [2.05, 4.69) is 20.5 Å².